The van der Waals surface area contributed by atoms with E-state index in [0.29, 0.717) is 21.8 Å². The van der Waals surface area contributed by atoms with Gasteiger partial charge in [-0.1, -0.05) is 37.0 Å². The van der Waals surface area contributed by atoms with Gasteiger partial charge in [-0.25, -0.2) is 9.97 Å². The highest BCUT2D eigenvalue weighted by atomic mass is 79.9. The van der Waals surface area contributed by atoms with Crippen LogP contribution in [0, 0.1) is 6.92 Å². The summed E-state index contributed by atoms with van der Waals surface area (Å²) >= 11 is 15.7. The Morgan fingerprint density at radius 2 is 1.85 bits per heavy atom. The molecule has 0 atom stereocenters. The normalized spacial score (nSPS) is 10.9. The Morgan fingerprint density at radius 1 is 1.15 bits per heavy atom. The Morgan fingerprint density at radius 3 is 2.50 bits per heavy atom. The van der Waals surface area contributed by atoms with Gasteiger partial charge in [-0.05, 0) is 40.5 Å². The number of nitrogens with zero attached hydrogens (tertiary/aromatic N) is 2. The Kier molecular flexibility index (Phi) is 4.89. The summed E-state index contributed by atoms with van der Waals surface area (Å²) < 4.78 is 0.917. The minimum Gasteiger partial charge on any atom is -0.339 e. The lowest BCUT2D eigenvalue weighted by Gasteiger charge is -2.12. The Balaban J connectivity index is 2.37. The lowest BCUT2D eigenvalue weighted by atomic mass is 10.2. The maximum Gasteiger partial charge on any atom is 0.135 e. The van der Waals surface area contributed by atoms with Crippen molar-refractivity contribution < 1.29 is 0 Å². The SMILES string of the molecule is Cc1cc(Br)c(Nc2cc(Cl)nc(C(C)C)n2)cc1Cl. The van der Waals surface area contributed by atoms with Crippen LogP contribution < -0.4 is 5.32 Å². The molecule has 0 radical (unpaired) electrons. The first-order valence-electron chi connectivity index (χ1n) is 6.14. The summed E-state index contributed by atoms with van der Waals surface area (Å²) in [6.07, 6.45) is 0. The molecule has 0 saturated carbocycles. The fraction of sp³-hybridized carbons (Fsp3) is 0.286. The zero-order chi connectivity index (χ0) is 14.9. The van der Waals surface area contributed by atoms with Crippen LogP contribution in [0.3, 0.4) is 0 Å². The molecule has 0 aliphatic carbocycles. The summed E-state index contributed by atoms with van der Waals surface area (Å²) in [6, 6.07) is 5.50. The first-order valence-corrected chi connectivity index (χ1v) is 7.69. The summed E-state index contributed by atoms with van der Waals surface area (Å²) in [4.78, 5) is 8.66. The summed E-state index contributed by atoms with van der Waals surface area (Å²) in [5.74, 6) is 1.56. The molecular formula is C14H14BrCl2N3. The number of nitrogens with one attached hydrogen (secondary N) is 1. The average Bonchev–Trinajstić information content (AvgIpc) is 2.35. The number of rotatable bonds is 3. The van der Waals surface area contributed by atoms with Gasteiger partial charge in [0.25, 0.3) is 0 Å². The predicted octanol–water partition coefficient (Wildman–Crippen LogP) is 5.72. The lowest BCUT2D eigenvalue weighted by molar-refractivity contribution is 0.776. The molecule has 1 aromatic heterocycles. The maximum absolute atomic E-state index is 6.15. The zero-order valence-electron chi connectivity index (χ0n) is 11.3. The third kappa shape index (κ3) is 3.62. The number of hydrogen-bond donors (Lipinski definition) is 1. The third-order valence-corrected chi connectivity index (χ3v) is 4.00. The minimum atomic E-state index is 0.208. The summed E-state index contributed by atoms with van der Waals surface area (Å²) in [6.45, 7) is 6.00. The van der Waals surface area contributed by atoms with Gasteiger partial charge in [-0.2, -0.15) is 0 Å². The van der Waals surface area contributed by atoms with Gasteiger partial charge in [-0.3, -0.25) is 0 Å². The number of aryl methyl sites for hydroxylation is 1. The molecule has 0 aliphatic heterocycles. The van der Waals surface area contributed by atoms with Crippen molar-refractivity contribution in [3.63, 3.8) is 0 Å². The molecule has 0 amide bonds. The molecule has 0 spiro atoms. The predicted molar refractivity (Wildman–Crippen MR) is 88.3 cm³/mol. The van der Waals surface area contributed by atoms with Crippen molar-refractivity contribution in [2.45, 2.75) is 26.7 Å². The fourth-order valence-corrected chi connectivity index (χ4v) is 2.55. The van der Waals surface area contributed by atoms with Gasteiger partial charge < -0.3 is 5.32 Å². The van der Waals surface area contributed by atoms with Crippen LogP contribution in [0.2, 0.25) is 10.2 Å². The Labute approximate surface area is 136 Å². The van der Waals surface area contributed by atoms with Crippen molar-refractivity contribution >= 4 is 50.6 Å². The number of anilines is 2. The second-order valence-electron chi connectivity index (χ2n) is 4.80. The monoisotopic (exact) mass is 373 g/mol. The van der Waals surface area contributed by atoms with Crippen molar-refractivity contribution in [2.24, 2.45) is 0 Å². The number of halogens is 3. The third-order valence-electron chi connectivity index (χ3n) is 2.74. The molecule has 0 bridgehead atoms. The Hall–Kier alpha value is -0.840. The van der Waals surface area contributed by atoms with E-state index in [1.54, 1.807) is 6.07 Å². The summed E-state index contributed by atoms with van der Waals surface area (Å²) in [5.41, 5.74) is 1.85. The standard InChI is InChI=1S/C14H14BrCl2N3/c1-7(2)14-19-12(17)6-13(20-14)18-11-5-10(16)8(3)4-9(11)15/h4-7H,1-3H3,(H,18,19,20). The first kappa shape index (κ1) is 15.5. The highest BCUT2D eigenvalue weighted by Gasteiger charge is 2.09. The van der Waals surface area contributed by atoms with Crippen LogP contribution in [0.4, 0.5) is 11.5 Å². The number of benzene rings is 1. The van der Waals surface area contributed by atoms with Crippen LogP contribution in [0.1, 0.15) is 31.2 Å². The van der Waals surface area contributed by atoms with Crippen molar-refractivity contribution in [2.75, 3.05) is 5.32 Å². The molecule has 2 rings (SSSR count). The van der Waals surface area contributed by atoms with Gasteiger partial charge in [0.2, 0.25) is 0 Å². The van der Waals surface area contributed by atoms with E-state index in [-0.39, 0.29) is 5.92 Å². The molecule has 0 saturated heterocycles. The molecule has 3 nitrogen and oxygen atoms in total. The van der Waals surface area contributed by atoms with E-state index in [9.17, 15) is 0 Å². The molecule has 0 unspecified atom stereocenters. The zero-order valence-corrected chi connectivity index (χ0v) is 14.4. The van der Waals surface area contributed by atoms with Crippen LogP contribution in [0.15, 0.2) is 22.7 Å². The van der Waals surface area contributed by atoms with E-state index in [1.165, 1.54) is 0 Å². The van der Waals surface area contributed by atoms with Crippen LogP contribution in [-0.2, 0) is 0 Å². The van der Waals surface area contributed by atoms with Gasteiger partial charge in [0.05, 0.1) is 5.69 Å². The van der Waals surface area contributed by atoms with E-state index < -0.39 is 0 Å². The quantitative estimate of drug-likeness (QED) is 0.698. The van der Waals surface area contributed by atoms with E-state index in [1.807, 2.05) is 32.9 Å². The highest BCUT2D eigenvalue weighted by molar-refractivity contribution is 9.10. The fourth-order valence-electron chi connectivity index (χ4n) is 1.64. The summed E-state index contributed by atoms with van der Waals surface area (Å²) in [5, 5.41) is 4.32. The number of aromatic nitrogens is 2. The van der Waals surface area contributed by atoms with E-state index in [4.69, 9.17) is 23.2 Å². The minimum absolute atomic E-state index is 0.208. The molecule has 1 aromatic carbocycles. The van der Waals surface area contributed by atoms with Crippen molar-refractivity contribution in [1.82, 2.24) is 9.97 Å². The molecule has 1 N–H and O–H groups in total. The maximum atomic E-state index is 6.15. The van der Waals surface area contributed by atoms with Gasteiger partial charge in [0.1, 0.15) is 16.8 Å². The van der Waals surface area contributed by atoms with Crippen molar-refractivity contribution in [3.8, 4) is 0 Å². The van der Waals surface area contributed by atoms with E-state index in [0.717, 1.165) is 15.7 Å². The van der Waals surface area contributed by atoms with Crippen LogP contribution >= 0.6 is 39.1 Å². The van der Waals surface area contributed by atoms with Gasteiger partial charge in [0.15, 0.2) is 0 Å². The topological polar surface area (TPSA) is 37.8 Å². The Bertz CT molecular complexity index is 645. The molecule has 6 heteroatoms. The second kappa shape index (κ2) is 6.29. The molecule has 106 valence electrons. The molecule has 20 heavy (non-hydrogen) atoms. The van der Waals surface area contributed by atoms with Gasteiger partial charge in [-0.15, -0.1) is 0 Å². The van der Waals surface area contributed by atoms with Gasteiger partial charge in [0, 0.05) is 21.5 Å². The molecule has 2 aromatic rings. The smallest absolute Gasteiger partial charge is 0.135 e. The first-order chi connectivity index (χ1) is 9.36. The van der Waals surface area contributed by atoms with Crippen LogP contribution in [0.25, 0.3) is 0 Å². The van der Waals surface area contributed by atoms with Crippen molar-refractivity contribution in [1.29, 1.82) is 0 Å². The second-order valence-corrected chi connectivity index (χ2v) is 6.44. The van der Waals surface area contributed by atoms with Crippen LogP contribution in [0.5, 0.6) is 0 Å². The molecular weight excluding hydrogens is 361 g/mol. The largest absolute Gasteiger partial charge is 0.339 e. The lowest BCUT2D eigenvalue weighted by Crippen LogP contribution is -2.02. The summed E-state index contributed by atoms with van der Waals surface area (Å²) in [7, 11) is 0. The van der Waals surface area contributed by atoms with E-state index >= 15 is 0 Å². The number of hydrogen-bond acceptors (Lipinski definition) is 3. The van der Waals surface area contributed by atoms with Gasteiger partial charge >= 0.3 is 0 Å². The van der Waals surface area contributed by atoms with E-state index in [2.05, 4.69) is 31.2 Å². The highest BCUT2D eigenvalue weighted by Crippen LogP contribution is 2.31. The molecule has 1 heterocycles. The molecule has 0 fully saturated rings. The van der Waals surface area contributed by atoms with Crippen LogP contribution in [-0.4, -0.2) is 9.97 Å². The molecule has 0 aliphatic rings. The average molecular weight is 375 g/mol. The van der Waals surface area contributed by atoms with Crippen molar-refractivity contribution in [3.05, 3.63) is 44.2 Å².